The molecule has 2 amide bonds. The number of rotatable bonds is 1. The van der Waals surface area contributed by atoms with E-state index in [1.165, 1.54) is 12.1 Å². The number of carbonyl (C=O) groups is 1. The third-order valence-corrected chi connectivity index (χ3v) is 4.43. The van der Waals surface area contributed by atoms with E-state index >= 15 is 0 Å². The first-order valence-electron chi connectivity index (χ1n) is 7.37. The zero-order valence-electron chi connectivity index (χ0n) is 12.0. The van der Waals surface area contributed by atoms with Crippen LogP contribution in [0.25, 0.3) is 0 Å². The lowest BCUT2D eigenvalue weighted by Crippen LogP contribution is -2.45. The Bertz CT molecular complexity index is 561. The van der Waals surface area contributed by atoms with Crippen molar-refractivity contribution in [2.45, 2.75) is 12.6 Å². The predicted octanol–water partition coefficient (Wildman–Crippen LogP) is 2.78. The largest absolute Gasteiger partial charge is 0.416 e. The zero-order chi connectivity index (χ0) is 15.7. The smallest absolute Gasteiger partial charge is 0.324 e. The molecule has 1 aromatic rings. The lowest BCUT2D eigenvalue weighted by Gasteiger charge is -2.34. The van der Waals surface area contributed by atoms with Crippen LogP contribution in [-0.4, -0.2) is 37.1 Å². The maximum absolute atomic E-state index is 12.7. The fraction of sp³-hybridized carbons (Fsp3) is 0.533. The van der Waals surface area contributed by atoms with Crippen LogP contribution in [0.4, 0.5) is 23.7 Å². The molecule has 22 heavy (non-hydrogen) atoms. The van der Waals surface area contributed by atoms with Gasteiger partial charge >= 0.3 is 12.2 Å². The number of carbonyl (C=O) groups excluding carboxylic acids is 1. The minimum atomic E-state index is -4.41. The van der Waals surface area contributed by atoms with Crippen LogP contribution in [0.2, 0.25) is 0 Å². The van der Waals surface area contributed by atoms with Crippen LogP contribution >= 0.6 is 0 Å². The summed E-state index contributed by atoms with van der Waals surface area (Å²) < 4.78 is 38.0. The molecule has 7 heteroatoms. The van der Waals surface area contributed by atoms with Gasteiger partial charge in [-0.1, -0.05) is 6.07 Å². The first-order chi connectivity index (χ1) is 10.4. The van der Waals surface area contributed by atoms with E-state index in [0.717, 1.165) is 31.6 Å². The molecule has 2 N–H and O–H groups in total. The number of hydrogen-bond donors (Lipinski definition) is 2. The summed E-state index contributed by atoms with van der Waals surface area (Å²) in [5, 5.41) is 5.88. The van der Waals surface area contributed by atoms with Gasteiger partial charge in [-0.3, -0.25) is 0 Å². The molecule has 0 radical (unpaired) electrons. The van der Waals surface area contributed by atoms with Crippen molar-refractivity contribution in [1.82, 2.24) is 10.2 Å². The first-order valence-corrected chi connectivity index (χ1v) is 7.37. The van der Waals surface area contributed by atoms with Crippen molar-refractivity contribution in [3.63, 3.8) is 0 Å². The molecule has 2 aliphatic rings. The molecule has 0 spiro atoms. The van der Waals surface area contributed by atoms with Crippen LogP contribution in [-0.2, 0) is 6.18 Å². The molecule has 0 saturated carbocycles. The molecule has 3 rings (SSSR count). The number of nitrogens with one attached hydrogen (secondary N) is 2. The van der Waals surface area contributed by atoms with Gasteiger partial charge in [0, 0.05) is 18.8 Å². The van der Waals surface area contributed by atoms with Crippen molar-refractivity contribution in [3.05, 3.63) is 29.8 Å². The number of benzene rings is 1. The molecule has 1 aromatic carbocycles. The molecule has 0 aromatic heterocycles. The summed E-state index contributed by atoms with van der Waals surface area (Å²) in [5.41, 5.74) is -0.588. The Balaban J connectivity index is 1.64. The Hall–Kier alpha value is -1.76. The van der Waals surface area contributed by atoms with Gasteiger partial charge in [0.2, 0.25) is 0 Å². The molecule has 4 nitrogen and oxygen atoms in total. The van der Waals surface area contributed by atoms with E-state index < -0.39 is 11.7 Å². The number of anilines is 1. The summed E-state index contributed by atoms with van der Waals surface area (Å²) in [6.45, 7) is 3.20. The quantitative estimate of drug-likeness (QED) is 0.837. The Morgan fingerprint density at radius 2 is 2.05 bits per heavy atom. The number of nitrogens with zero attached hydrogens (tertiary/aromatic N) is 1. The maximum atomic E-state index is 12.7. The van der Waals surface area contributed by atoms with Crippen LogP contribution in [0.1, 0.15) is 12.0 Å². The highest BCUT2D eigenvalue weighted by Crippen LogP contribution is 2.31. The number of urea groups is 1. The SMILES string of the molecule is O=C(Nc1cccc(C(F)(F)F)c1)N1CCC2CNCC2C1. The standard InChI is InChI=1S/C15H18F3N3O/c16-15(17,18)12-2-1-3-13(6-12)20-14(22)21-5-4-10-7-19-8-11(10)9-21/h1-3,6,10-11,19H,4-5,7-9H2,(H,20,22). The van der Waals surface area contributed by atoms with Gasteiger partial charge in [0.05, 0.1) is 5.56 Å². The van der Waals surface area contributed by atoms with E-state index in [1.54, 1.807) is 4.90 Å². The van der Waals surface area contributed by atoms with Gasteiger partial charge in [-0.15, -0.1) is 0 Å². The van der Waals surface area contributed by atoms with E-state index in [2.05, 4.69) is 10.6 Å². The molecule has 2 atom stereocenters. The Kier molecular flexibility index (Phi) is 3.99. The number of likely N-dealkylation sites (tertiary alicyclic amines) is 1. The van der Waals surface area contributed by atoms with Crippen LogP contribution in [0.3, 0.4) is 0 Å². The summed E-state index contributed by atoms with van der Waals surface area (Å²) >= 11 is 0. The molecule has 2 fully saturated rings. The van der Waals surface area contributed by atoms with E-state index in [9.17, 15) is 18.0 Å². The highest BCUT2D eigenvalue weighted by Gasteiger charge is 2.35. The number of piperidine rings is 1. The van der Waals surface area contributed by atoms with E-state index in [1.807, 2.05) is 0 Å². The predicted molar refractivity (Wildman–Crippen MR) is 76.5 cm³/mol. The van der Waals surface area contributed by atoms with Gasteiger partial charge in [-0.05, 0) is 49.5 Å². The van der Waals surface area contributed by atoms with Crippen molar-refractivity contribution in [2.24, 2.45) is 11.8 Å². The Labute approximate surface area is 126 Å². The van der Waals surface area contributed by atoms with Crippen LogP contribution < -0.4 is 10.6 Å². The summed E-state index contributed by atoms with van der Waals surface area (Å²) in [6, 6.07) is 4.39. The molecule has 2 unspecified atom stereocenters. The monoisotopic (exact) mass is 313 g/mol. The Morgan fingerprint density at radius 3 is 2.82 bits per heavy atom. The lowest BCUT2D eigenvalue weighted by molar-refractivity contribution is -0.137. The van der Waals surface area contributed by atoms with Crippen molar-refractivity contribution in [3.8, 4) is 0 Å². The van der Waals surface area contributed by atoms with Crippen molar-refractivity contribution >= 4 is 11.7 Å². The first kappa shape index (κ1) is 15.1. The lowest BCUT2D eigenvalue weighted by atomic mass is 9.89. The number of amides is 2. The van der Waals surface area contributed by atoms with Gasteiger partial charge < -0.3 is 15.5 Å². The molecular weight excluding hydrogens is 295 g/mol. The van der Waals surface area contributed by atoms with Gasteiger partial charge in [-0.2, -0.15) is 13.2 Å². The Morgan fingerprint density at radius 1 is 1.27 bits per heavy atom. The highest BCUT2D eigenvalue weighted by molar-refractivity contribution is 5.89. The van der Waals surface area contributed by atoms with Crippen LogP contribution in [0, 0.1) is 11.8 Å². The summed E-state index contributed by atoms with van der Waals surface area (Å²) in [7, 11) is 0. The summed E-state index contributed by atoms with van der Waals surface area (Å²) in [5.74, 6) is 1.05. The van der Waals surface area contributed by atoms with Gasteiger partial charge in [0.25, 0.3) is 0 Å². The zero-order valence-corrected chi connectivity index (χ0v) is 12.0. The fourth-order valence-corrected chi connectivity index (χ4v) is 3.20. The van der Waals surface area contributed by atoms with Crippen molar-refractivity contribution in [1.29, 1.82) is 0 Å². The molecule has 2 aliphatic heterocycles. The minimum absolute atomic E-state index is 0.173. The second-order valence-corrected chi connectivity index (χ2v) is 5.92. The van der Waals surface area contributed by atoms with Gasteiger partial charge in [0.1, 0.15) is 0 Å². The third-order valence-electron chi connectivity index (χ3n) is 4.43. The summed E-state index contributed by atoms with van der Waals surface area (Å²) in [6.07, 6.45) is -3.47. The van der Waals surface area contributed by atoms with E-state index in [0.29, 0.717) is 24.9 Å². The molecule has 2 saturated heterocycles. The maximum Gasteiger partial charge on any atom is 0.416 e. The molecule has 0 bridgehead atoms. The van der Waals surface area contributed by atoms with Gasteiger partial charge in [0.15, 0.2) is 0 Å². The highest BCUT2D eigenvalue weighted by atomic mass is 19.4. The number of halogens is 3. The fourth-order valence-electron chi connectivity index (χ4n) is 3.20. The van der Waals surface area contributed by atoms with Crippen LogP contribution in [0.15, 0.2) is 24.3 Å². The molecule has 0 aliphatic carbocycles. The second kappa shape index (κ2) is 5.79. The minimum Gasteiger partial charge on any atom is -0.324 e. The average molecular weight is 313 g/mol. The normalized spacial score (nSPS) is 25.0. The summed E-state index contributed by atoms with van der Waals surface area (Å²) in [4.78, 5) is 13.9. The molecule has 120 valence electrons. The second-order valence-electron chi connectivity index (χ2n) is 5.92. The van der Waals surface area contributed by atoms with Crippen molar-refractivity contribution < 1.29 is 18.0 Å². The number of alkyl halides is 3. The third kappa shape index (κ3) is 3.19. The topological polar surface area (TPSA) is 44.4 Å². The number of hydrogen-bond acceptors (Lipinski definition) is 2. The average Bonchev–Trinajstić information content (AvgIpc) is 2.94. The molecule has 2 heterocycles. The van der Waals surface area contributed by atoms with Crippen molar-refractivity contribution in [2.75, 3.05) is 31.5 Å². The van der Waals surface area contributed by atoms with E-state index in [4.69, 9.17) is 0 Å². The number of fused-ring (bicyclic) bond motifs is 1. The van der Waals surface area contributed by atoms with Gasteiger partial charge in [-0.25, -0.2) is 4.79 Å². The van der Waals surface area contributed by atoms with E-state index in [-0.39, 0.29) is 11.7 Å². The molecular formula is C15H18F3N3O. The van der Waals surface area contributed by atoms with Crippen LogP contribution in [0.5, 0.6) is 0 Å².